The van der Waals surface area contributed by atoms with Gasteiger partial charge in [-0.1, -0.05) is 11.3 Å². The van der Waals surface area contributed by atoms with Crippen molar-refractivity contribution in [1.29, 1.82) is 0 Å². The number of nitrogens with zero attached hydrogens (tertiary/aromatic N) is 2. The van der Waals surface area contributed by atoms with Crippen LogP contribution in [0.1, 0.15) is 19.6 Å². The van der Waals surface area contributed by atoms with Crippen molar-refractivity contribution in [3.63, 3.8) is 0 Å². The van der Waals surface area contributed by atoms with Crippen molar-refractivity contribution < 1.29 is 19.4 Å². The number of rotatable bonds is 4. The Morgan fingerprint density at radius 1 is 1.21 bits per heavy atom. The molecule has 2 N–H and O–H groups in total. The lowest BCUT2D eigenvalue weighted by atomic mass is 10.3. The fourth-order valence-electron chi connectivity index (χ4n) is 1.26. The van der Waals surface area contributed by atoms with Crippen LogP contribution in [0.25, 0.3) is 0 Å². The van der Waals surface area contributed by atoms with E-state index < -0.39 is 11.9 Å². The van der Waals surface area contributed by atoms with Crippen LogP contribution in [-0.4, -0.2) is 34.3 Å². The molecule has 0 spiro atoms. The largest absolute Gasteiger partial charge is 0.497 e. The standard InChI is InChI=1S/C11H9N3O4S/c1-18-7-4-2-6(3-5-7)12-8(15)9-13-14-10(19-9)11(16)17/h2-5H,1H3,(H,12,15)(H,16,17). The van der Waals surface area contributed by atoms with Gasteiger partial charge in [0, 0.05) is 5.69 Å². The number of amides is 1. The van der Waals surface area contributed by atoms with Crippen LogP contribution < -0.4 is 10.1 Å². The van der Waals surface area contributed by atoms with E-state index in [1.807, 2.05) is 0 Å². The highest BCUT2D eigenvalue weighted by atomic mass is 32.1. The van der Waals surface area contributed by atoms with Gasteiger partial charge in [0.15, 0.2) is 0 Å². The molecule has 0 atom stereocenters. The van der Waals surface area contributed by atoms with E-state index in [0.29, 0.717) is 11.4 Å². The van der Waals surface area contributed by atoms with Crippen LogP contribution in [0.3, 0.4) is 0 Å². The number of aromatic carboxylic acids is 1. The zero-order valence-electron chi connectivity index (χ0n) is 9.78. The Morgan fingerprint density at radius 2 is 1.84 bits per heavy atom. The molecule has 1 heterocycles. The van der Waals surface area contributed by atoms with Gasteiger partial charge in [-0.25, -0.2) is 4.79 Å². The molecule has 2 rings (SSSR count). The van der Waals surface area contributed by atoms with Crippen molar-refractivity contribution in [2.45, 2.75) is 0 Å². The van der Waals surface area contributed by atoms with Crippen molar-refractivity contribution >= 4 is 28.9 Å². The lowest BCUT2D eigenvalue weighted by Crippen LogP contribution is -2.11. The summed E-state index contributed by atoms with van der Waals surface area (Å²) in [6, 6.07) is 6.71. The van der Waals surface area contributed by atoms with Crippen LogP contribution in [0.4, 0.5) is 5.69 Å². The summed E-state index contributed by atoms with van der Waals surface area (Å²) in [4.78, 5) is 22.4. The molecule has 0 bridgehead atoms. The van der Waals surface area contributed by atoms with Gasteiger partial charge in [-0.05, 0) is 24.3 Å². The molecule has 0 unspecified atom stereocenters. The first kappa shape index (κ1) is 13.0. The third-order valence-corrected chi connectivity index (χ3v) is 3.06. The number of carboxylic acids is 1. The molecule has 0 radical (unpaired) electrons. The SMILES string of the molecule is COc1ccc(NC(=O)c2nnc(C(=O)O)s2)cc1. The van der Waals surface area contributed by atoms with Gasteiger partial charge in [-0.15, -0.1) is 10.2 Å². The number of anilines is 1. The Morgan fingerprint density at radius 3 is 2.37 bits per heavy atom. The molecule has 0 aliphatic heterocycles. The molecule has 1 aromatic carbocycles. The second-order valence-corrected chi connectivity index (χ2v) is 4.38. The van der Waals surface area contributed by atoms with Crippen molar-refractivity contribution in [3.05, 3.63) is 34.3 Å². The summed E-state index contributed by atoms with van der Waals surface area (Å²) in [5, 5.41) is 18.0. The topological polar surface area (TPSA) is 101 Å². The van der Waals surface area contributed by atoms with Gasteiger partial charge in [0.2, 0.25) is 10.0 Å². The molecule has 1 aromatic heterocycles. The van der Waals surface area contributed by atoms with Crippen molar-refractivity contribution in [1.82, 2.24) is 10.2 Å². The molecule has 1 amide bonds. The summed E-state index contributed by atoms with van der Waals surface area (Å²) in [6.07, 6.45) is 0. The fourth-order valence-corrected chi connectivity index (χ4v) is 1.84. The molecule has 0 saturated heterocycles. The minimum absolute atomic E-state index is 0.00628. The number of hydrogen-bond acceptors (Lipinski definition) is 6. The number of nitrogens with one attached hydrogen (secondary N) is 1. The molecular weight excluding hydrogens is 270 g/mol. The molecule has 0 aliphatic rings. The van der Waals surface area contributed by atoms with Crippen molar-refractivity contribution in [3.8, 4) is 5.75 Å². The molecule has 19 heavy (non-hydrogen) atoms. The van der Waals surface area contributed by atoms with E-state index in [1.165, 1.54) is 0 Å². The molecule has 0 saturated carbocycles. The van der Waals surface area contributed by atoms with Crippen LogP contribution in [0.15, 0.2) is 24.3 Å². The van der Waals surface area contributed by atoms with E-state index in [2.05, 4.69) is 15.5 Å². The number of ether oxygens (including phenoxy) is 1. The lowest BCUT2D eigenvalue weighted by Gasteiger charge is -2.03. The van der Waals surface area contributed by atoms with Gasteiger partial charge >= 0.3 is 5.97 Å². The van der Waals surface area contributed by atoms with E-state index in [-0.39, 0.29) is 10.0 Å². The van der Waals surface area contributed by atoms with E-state index in [9.17, 15) is 9.59 Å². The van der Waals surface area contributed by atoms with Crippen LogP contribution in [0.5, 0.6) is 5.75 Å². The van der Waals surface area contributed by atoms with Crippen molar-refractivity contribution in [2.75, 3.05) is 12.4 Å². The fraction of sp³-hybridized carbons (Fsp3) is 0.0909. The number of carbonyl (C=O) groups is 2. The van der Waals surface area contributed by atoms with Crippen LogP contribution >= 0.6 is 11.3 Å². The highest BCUT2D eigenvalue weighted by Gasteiger charge is 2.16. The lowest BCUT2D eigenvalue weighted by molar-refractivity contribution is 0.0695. The molecular formula is C11H9N3O4S. The first-order chi connectivity index (χ1) is 9.10. The van der Waals surface area contributed by atoms with E-state index in [0.717, 1.165) is 11.3 Å². The van der Waals surface area contributed by atoms with Gasteiger partial charge in [-0.2, -0.15) is 0 Å². The number of methoxy groups -OCH3 is 1. The Balaban J connectivity index is 2.08. The van der Waals surface area contributed by atoms with Crippen LogP contribution in [0, 0.1) is 0 Å². The zero-order valence-corrected chi connectivity index (χ0v) is 10.6. The zero-order chi connectivity index (χ0) is 13.8. The van der Waals surface area contributed by atoms with Gasteiger partial charge in [0.1, 0.15) is 5.75 Å². The second-order valence-electron chi connectivity index (χ2n) is 3.40. The van der Waals surface area contributed by atoms with Crippen LogP contribution in [0.2, 0.25) is 0 Å². The first-order valence-electron chi connectivity index (χ1n) is 5.12. The van der Waals surface area contributed by atoms with Crippen LogP contribution in [-0.2, 0) is 0 Å². The average molecular weight is 279 g/mol. The highest BCUT2D eigenvalue weighted by molar-refractivity contribution is 7.15. The van der Waals surface area contributed by atoms with Gasteiger partial charge < -0.3 is 15.2 Å². The van der Waals surface area contributed by atoms with Gasteiger partial charge in [-0.3, -0.25) is 4.79 Å². The minimum Gasteiger partial charge on any atom is -0.497 e. The second kappa shape index (κ2) is 5.44. The summed E-state index contributed by atoms with van der Waals surface area (Å²) in [5.41, 5.74) is 0.554. The molecule has 98 valence electrons. The van der Waals surface area contributed by atoms with E-state index in [1.54, 1.807) is 31.4 Å². The number of aromatic nitrogens is 2. The summed E-state index contributed by atoms with van der Waals surface area (Å²) < 4.78 is 4.99. The molecule has 0 aliphatic carbocycles. The smallest absolute Gasteiger partial charge is 0.367 e. The monoisotopic (exact) mass is 279 g/mol. The Hall–Kier alpha value is -2.48. The molecule has 2 aromatic rings. The minimum atomic E-state index is -1.21. The third kappa shape index (κ3) is 3.05. The molecule has 7 nitrogen and oxygen atoms in total. The van der Waals surface area contributed by atoms with Crippen molar-refractivity contribution in [2.24, 2.45) is 0 Å². The maximum atomic E-state index is 11.8. The van der Waals surface area contributed by atoms with Gasteiger partial charge in [0.25, 0.3) is 5.91 Å². The summed E-state index contributed by atoms with van der Waals surface area (Å²) in [6.45, 7) is 0. The van der Waals surface area contributed by atoms with E-state index in [4.69, 9.17) is 9.84 Å². The van der Waals surface area contributed by atoms with E-state index >= 15 is 0 Å². The average Bonchev–Trinajstić information content (AvgIpc) is 2.89. The predicted molar refractivity (Wildman–Crippen MR) is 67.8 cm³/mol. The first-order valence-corrected chi connectivity index (χ1v) is 5.94. The highest BCUT2D eigenvalue weighted by Crippen LogP contribution is 2.17. The Bertz CT molecular complexity index is 609. The Kier molecular flexibility index (Phi) is 3.71. The normalized spacial score (nSPS) is 9.95. The molecule has 0 fully saturated rings. The number of carboxylic acid groups (broad SMARTS) is 1. The Labute approximate surface area is 111 Å². The number of carbonyl (C=O) groups excluding carboxylic acids is 1. The maximum Gasteiger partial charge on any atom is 0.367 e. The predicted octanol–water partition coefficient (Wildman–Crippen LogP) is 1.50. The summed E-state index contributed by atoms with van der Waals surface area (Å²) in [5.74, 6) is -1.04. The number of benzene rings is 1. The molecule has 8 heteroatoms. The van der Waals surface area contributed by atoms with Gasteiger partial charge in [0.05, 0.1) is 7.11 Å². The number of hydrogen-bond donors (Lipinski definition) is 2. The maximum absolute atomic E-state index is 11.8. The quantitative estimate of drug-likeness (QED) is 0.879. The third-order valence-electron chi connectivity index (χ3n) is 2.15. The summed E-state index contributed by atoms with van der Waals surface area (Å²) in [7, 11) is 1.54. The summed E-state index contributed by atoms with van der Waals surface area (Å²) >= 11 is 0.717.